The van der Waals surface area contributed by atoms with Gasteiger partial charge >= 0.3 is 0 Å². The Kier molecular flexibility index (Phi) is 4.98. The molecule has 0 saturated heterocycles. The summed E-state index contributed by atoms with van der Waals surface area (Å²) in [6.45, 7) is 4.86. The molecule has 0 aliphatic heterocycles. The molecule has 4 nitrogen and oxygen atoms in total. The number of sulfonamides is 1. The molecule has 0 amide bonds. The second-order valence-corrected chi connectivity index (χ2v) is 6.51. The van der Waals surface area contributed by atoms with Crippen LogP contribution in [0.2, 0.25) is 0 Å². The van der Waals surface area contributed by atoms with Crippen molar-refractivity contribution in [1.29, 1.82) is 0 Å². The summed E-state index contributed by atoms with van der Waals surface area (Å²) in [5.41, 5.74) is 2.67. The molecule has 0 aliphatic carbocycles. The molecular weight excluding hydrogens is 284 g/mol. The fourth-order valence-electron chi connectivity index (χ4n) is 2.10. The number of benzene rings is 2. The average molecular weight is 304 g/mol. The van der Waals surface area contributed by atoms with E-state index in [1.54, 1.807) is 18.2 Å². The van der Waals surface area contributed by atoms with E-state index < -0.39 is 10.0 Å². The third-order valence-electron chi connectivity index (χ3n) is 3.26. The molecule has 0 heterocycles. The summed E-state index contributed by atoms with van der Waals surface area (Å²) < 4.78 is 27.6. The quantitative estimate of drug-likeness (QED) is 0.862. The Bertz CT molecular complexity index is 712. The maximum Gasteiger partial charge on any atom is 0.242 e. The summed E-state index contributed by atoms with van der Waals surface area (Å²) in [5.74, 6) is 0. The second kappa shape index (κ2) is 6.74. The number of aryl methyl sites for hydroxylation is 1. The third-order valence-corrected chi connectivity index (χ3v) is 4.72. The zero-order valence-corrected chi connectivity index (χ0v) is 13.1. The molecule has 2 rings (SSSR count). The Labute approximate surface area is 126 Å². The van der Waals surface area contributed by atoms with Crippen LogP contribution in [0.4, 0.5) is 5.69 Å². The van der Waals surface area contributed by atoms with E-state index in [0.717, 1.165) is 11.1 Å². The summed E-state index contributed by atoms with van der Waals surface area (Å²) >= 11 is 0. The van der Waals surface area contributed by atoms with Gasteiger partial charge in [-0.2, -0.15) is 0 Å². The van der Waals surface area contributed by atoms with Crippen LogP contribution in [0.15, 0.2) is 53.4 Å². The maximum absolute atomic E-state index is 12.5. The lowest BCUT2D eigenvalue weighted by molar-refractivity contribution is 0.581. The Morgan fingerprint density at radius 2 is 1.67 bits per heavy atom. The van der Waals surface area contributed by atoms with Crippen molar-refractivity contribution in [2.24, 2.45) is 0 Å². The molecule has 2 aromatic rings. The van der Waals surface area contributed by atoms with Crippen LogP contribution in [0.3, 0.4) is 0 Å². The molecule has 0 radical (unpaired) electrons. The van der Waals surface area contributed by atoms with E-state index in [4.69, 9.17) is 0 Å². The summed E-state index contributed by atoms with van der Waals surface area (Å²) in [7, 11) is -3.54. The summed E-state index contributed by atoms with van der Waals surface area (Å²) in [4.78, 5) is 0.278. The minimum Gasteiger partial charge on any atom is -0.384 e. The minimum atomic E-state index is -3.54. The smallest absolute Gasteiger partial charge is 0.242 e. The number of hydrogen-bond donors (Lipinski definition) is 2. The molecule has 21 heavy (non-hydrogen) atoms. The van der Waals surface area contributed by atoms with Crippen molar-refractivity contribution in [3.8, 4) is 0 Å². The van der Waals surface area contributed by atoms with Crippen LogP contribution in [-0.2, 0) is 16.6 Å². The van der Waals surface area contributed by atoms with Crippen LogP contribution >= 0.6 is 0 Å². The van der Waals surface area contributed by atoms with E-state index in [1.807, 2.05) is 44.2 Å². The highest BCUT2D eigenvalue weighted by atomic mass is 32.2. The van der Waals surface area contributed by atoms with E-state index in [0.29, 0.717) is 12.2 Å². The summed E-state index contributed by atoms with van der Waals surface area (Å²) in [6.07, 6.45) is 0. The Morgan fingerprint density at radius 1 is 1.00 bits per heavy atom. The normalized spacial score (nSPS) is 11.3. The van der Waals surface area contributed by atoms with Crippen molar-refractivity contribution in [3.05, 3.63) is 59.7 Å². The number of nitrogens with one attached hydrogen (secondary N) is 2. The second-order valence-electron chi connectivity index (χ2n) is 4.78. The lowest BCUT2D eigenvalue weighted by Crippen LogP contribution is -2.24. The zero-order chi connectivity index (χ0) is 15.3. The summed E-state index contributed by atoms with van der Waals surface area (Å²) in [5, 5.41) is 3.07. The van der Waals surface area contributed by atoms with Crippen molar-refractivity contribution in [1.82, 2.24) is 4.72 Å². The first kappa shape index (κ1) is 15.5. The third kappa shape index (κ3) is 3.83. The first-order chi connectivity index (χ1) is 10.0. The lowest BCUT2D eigenvalue weighted by atomic mass is 10.1. The first-order valence-corrected chi connectivity index (χ1v) is 8.40. The van der Waals surface area contributed by atoms with Crippen LogP contribution in [-0.4, -0.2) is 15.0 Å². The van der Waals surface area contributed by atoms with Gasteiger partial charge in [0, 0.05) is 13.1 Å². The molecule has 0 saturated carbocycles. The minimum absolute atomic E-state index is 0.278. The highest BCUT2D eigenvalue weighted by Gasteiger charge is 2.17. The molecule has 5 heteroatoms. The largest absolute Gasteiger partial charge is 0.384 e. The van der Waals surface area contributed by atoms with Crippen molar-refractivity contribution in [3.63, 3.8) is 0 Å². The van der Waals surface area contributed by atoms with E-state index >= 15 is 0 Å². The van der Waals surface area contributed by atoms with E-state index in [1.165, 1.54) is 0 Å². The first-order valence-electron chi connectivity index (χ1n) is 6.91. The topological polar surface area (TPSA) is 58.2 Å². The highest BCUT2D eigenvalue weighted by Crippen LogP contribution is 2.20. The molecule has 0 aromatic heterocycles. The van der Waals surface area contributed by atoms with Crippen molar-refractivity contribution in [2.75, 3.05) is 11.9 Å². The van der Waals surface area contributed by atoms with Crippen molar-refractivity contribution >= 4 is 15.7 Å². The van der Waals surface area contributed by atoms with Gasteiger partial charge < -0.3 is 5.32 Å². The molecular formula is C16H20N2O2S. The molecule has 0 unspecified atom stereocenters. The van der Waals surface area contributed by atoms with Crippen LogP contribution in [0.25, 0.3) is 0 Å². The Balaban J connectivity index is 2.21. The predicted molar refractivity (Wildman–Crippen MR) is 85.8 cm³/mol. The molecule has 0 atom stereocenters. The van der Waals surface area contributed by atoms with Crippen LogP contribution in [0, 0.1) is 6.92 Å². The molecule has 0 spiro atoms. The van der Waals surface area contributed by atoms with E-state index in [-0.39, 0.29) is 11.4 Å². The van der Waals surface area contributed by atoms with Gasteiger partial charge in [-0.15, -0.1) is 0 Å². The highest BCUT2D eigenvalue weighted by molar-refractivity contribution is 7.89. The lowest BCUT2D eigenvalue weighted by Gasteiger charge is -2.13. The molecule has 2 aromatic carbocycles. The van der Waals surface area contributed by atoms with Gasteiger partial charge in [0.1, 0.15) is 4.90 Å². The van der Waals surface area contributed by atoms with Gasteiger partial charge in [-0.05, 0) is 37.1 Å². The molecule has 0 aliphatic rings. The van der Waals surface area contributed by atoms with E-state index in [9.17, 15) is 8.42 Å². The summed E-state index contributed by atoms with van der Waals surface area (Å²) in [6, 6.07) is 14.7. The van der Waals surface area contributed by atoms with Crippen LogP contribution in [0.5, 0.6) is 0 Å². The molecule has 0 fully saturated rings. The SMILES string of the molecule is CCNc1ccccc1S(=O)(=O)NCc1ccccc1C. The van der Waals surface area contributed by atoms with Crippen molar-refractivity contribution < 1.29 is 8.42 Å². The predicted octanol–water partition coefficient (Wildman–Crippen LogP) is 2.91. The standard InChI is InChI=1S/C16H20N2O2S/c1-3-17-15-10-6-7-11-16(15)21(19,20)18-12-14-9-5-4-8-13(14)2/h4-11,17-18H,3,12H2,1-2H3. The molecule has 0 bridgehead atoms. The van der Waals surface area contributed by atoms with E-state index in [2.05, 4.69) is 10.0 Å². The fraction of sp³-hybridized carbons (Fsp3) is 0.250. The average Bonchev–Trinajstić information content (AvgIpc) is 2.47. The number of hydrogen-bond acceptors (Lipinski definition) is 3. The maximum atomic E-state index is 12.5. The van der Waals surface area contributed by atoms with Gasteiger partial charge in [0.15, 0.2) is 0 Å². The number of rotatable bonds is 6. The van der Waals surface area contributed by atoms with Gasteiger partial charge in [0.05, 0.1) is 5.69 Å². The van der Waals surface area contributed by atoms with Gasteiger partial charge in [-0.3, -0.25) is 0 Å². The van der Waals surface area contributed by atoms with Crippen LogP contribution in [0.1, 0.15) is 18.1 Å². The molecule has 112 valence electrons. The van der Waals surface area contributed by atoms with Crippen LogP contribution < -0.4 is 10.0 Å². The molecule has 2 N–H and O–H groups in total. The Morgan fingerprint density at radius 3 is 2.38 bits per heavy atom. The van der Waals surface area contributed by atoms with Gasteiger partial charge in [0.25, 0.3) is 0 Å². The van der Waals surface area contributed by atoms with Gasteiger partial charge in [-0.25, -0.2) is 13.1 Å². The van der Waals surface area contributed by atoms with Gasteiger partial charge in [-0.1, -0.05) is 36.4 Å². The monoisotopic (exact) mass is 304 g/mol. The number of para-hydroxylation sites is 1. The van der Waals surface area contributed by atoms with Gasteiger partial charge in [0.2, 0.25) is 10.0 Å². The Hall–Kier alpha value is -1.85. The fourth-order valence-corrected chi connectivity index (χ4v) is 3.28. The zero-order valence-electron chi connectivity index (χ0n) is 12.3. The van der Waals surface area contributed by atoms with Crippen molar-refractivity contribution in [2.45, 2.75) is 25.3 Å². The number of anilines is 1.